The average Bonchev–Trinajstić information content (AvgIpc) is 2.77. The first kappa shape index (κ1) is 21.5. The molecule has 0 unspecified atom stereocenters. The highest BCUT2D eigenvalue weighted by Gasteiger charge is 2.35. The van der Waals surface area contributed by atoms with Gasteiger partial charge in [-0.2, -0.15) is 4.90 Å². The summed E-state index contributed by atoms with van der Waals surface area (Å²) >= 11 is 0. The Morgan fingerprint density at radius 2 is 1.50 bits per heavy atom. The van der Waals surface area contributed by atoms with Gasteiger partial charge in [0.2, 0.25) is 5.82 Å². The maximum Gasteiger partial charge on any atom is 0.425 e. The maximum absolute atomic E-state index is 12.6. The van der Waals surface area contributed by atoms with Gasteiger partial charge < -0.3 is 18.8 Å². The van der Waals surface area contributed by atoms with E-state index in [0.29, 0.717) is 4.90 Å². The fourth-order valence-electron chi connectivity index (χ4n) is 1.87. The van der Waals surface area contributed by atoms with Crippen molar-refractivity contribution in [3.05, 3.63) is 12.0 Å². The summed E-state index contributed by atoms with van der Waals surface area (Å²) < 4.78 is 16.8. The Bertz CT molecular complexity index is 654. The first-order valence-corrected chi connectivity index (χ1v) is 8.21. The van der Waals surface area contributed by atoms with Crippen LogP contribution in [-0.4, -0.2) is 45.5 Å². The SMILES string of the molecule is CCOC(=O)c1ncc(N(C(=O)OC(C)(C)C)C(=O)OC(C)(C)C)n1C. The molecule has 26 heavy (non-hydrogen) atoms. The van der Waals surface area contributed by atoms with Gasteiger partial charge in [0.25, 0.3) is 0 Å². The van der Waals surface area contributed by atoms with Crippen LogP contribution in [0.5, 0.6) is 0 Å². The van der Waals surface area contributed by atoms with Crippen LogP contribution in [0.25, 0.3) is 0 Å². The van der Waals surface area contributed by atoms with E-state index in [1.54, 1.807) is 48.5 Å². The summed E-state index contributed by atoms with van der Waals surface area (Å²) in [7, 11) is 1.48. The molecule has 0 aliphatic heterocycles. The van der Waals surface area contributed by atoms with E-state index in [0.717, 1.165) is 0 Å². The molecule has 1 heterocycles. The second-order valence-electron chi connectivity index (χ2n) is 7.52. The molecule has 0 spiro atoms. The molecule has 1 rings (SSSR count). The summed E-state index contributed by atoms with van der Waals surface area (Å²) in [5.41, 5.74) is -1.67. The Hall–Kier alpha value is -2.58. The minimum Gasteiger partial charge on any atom is -0.460 e. The Kier molecular flexibility index (Phi) is 6.40. The Labute approximate surface area is 153 Å². The summed E-state index contributed by atoms with van der Waals surface area (Å²) in [6.45, 7) is 11.9. The number of nitrogens with zero attached hydrogens (tertiary/aromatic N) is 3. The van der Waals surface area contributed by atoms with Gasteiger partial charge in [0.15, 0.2) is 0 Å². The van der Waals surface area contributed by atoms with Crippen LogP contribution in [0, 0.1) is 0 Å². The fourth-order valence-corrected chi connectivity index (χ4v) is 1.87. The molecule has 9 heteroatoms. The molecule has 2 amide bonds. The number of imidazole rings is 1. The summed E-state index contributed by atoms with van der Waals surface area (Å²) in [4.78, 5) is 41.8. The van der Waals surface area contributed by atoms with Gasteiger partial charge >= 0.3 is 18.2 Å². The van der Waals surface area contributed by atoms with E-state index in [-0.39, 0.29) is 18.2 Å². The highest BCUT2D eigenvalue weighted by atomic mass is 16.6. The average molecular weight is 369 g/mol. The predicted octanol–water partition coefficient (Wildman–Crippen LogP) is 3.27. The standard InChI is InChI=1S/C17H27N3O6/c1-9-24-13(21)12-18-10-11(19(12)8)20(14(22)25-16(2,3)4)15(23)26-17(5,6)7/h10H,9H2,1-8H3. The van der Waals surface area contributed by atoms with Crippen LogP contribution in [0.15, 0.2) is 6.20 Å². The van der Waals surface area contributed by atoms with E-state index < -0.39 is 29.4 Å². The van der Waals surface area contributed by atoms with Crippen LogP contribution in [0.4, 0.5) is 15.4 Å². The van der Waals surface area contributed by atoms with E-state index in [4.69, 9.17) is 14.2 Å². The normalized spacial score (nSPS) is 11.7. The minimum absolute atomic E-state index is 0.0246. The molecule has 9 nitrogen and oxygen atoms in total. The number of rotatable bonds is 3. The van der Waals surface area contributed by atoms with E-state index in [1.807, 2.05) is 0 Å². The van der Waals surface area contributed by atoms with Gasteiger partial charge in [-0.3, -0.25) is 0 Å². The van der Waals surface area contributed by atoms with Gasteiger partial charge in [0.05, 0.1) is 12.8 Å². The minimum atomic E-state index is -0.940. The zero-order chi connectivity index (χ0) is 20.3. The number of imide groups is 1. The fraction of sp³-hybridized carbons (Fsp3) is 0.647. The van der Waals surface area contributed by atoms with Crippen molar-refractivity contribution in [2.75, 3.05) is 11.5 Å². The van der Waals surface area contributed by atoms with E-state index in [2.05, 4.69) is 4.98 Å². The summed E-state index contributed by atoms with van der Waals surface area (Å²) in [6.07, 6.45) is -0.671. The molecule has 0 N–H and O–H groups in total. The van der Waals surface area contributed by atoms with E-state index in [1.165, 1.54) is 17.8 Å². The third-order valence-corrected chi connectivity index (χ3v) is 2.80. The molecule has 0 radical (unpaired) electrons. The zero-order valence-electron chi connectivity index (χ0n) is 16.6. The van der Waals surface area contributed by atoms with Crippen molar-refractivity contribution in [1.29, 1.82) is 0 Å². The molecular weight excluding hydrogens is 342 g/mol. The number of aromatic nitrogens is 2. The van der Waals surface area contributed by atoms with Gasteiger partial charge in [-0.25, -0.2) is 19.4 Å². The molecule has 0 saturated carbocycles. The van der Waals surface area contributed by atoms with Crippen LogP contribution in [-0.2, 0) is 21.3 Å². The molecule has 0 aliphatic rings. The lowest BCUT2D eigenvalue weighted by molar-refractivity contribution is 0.0421. The third-order valence-electron chi connectivity index (χ3n) is 2.80. The molecule has 0 fully saturated rings. The van der Waals surface area contributed by atoms with Crippen molar-refractivity contribution in [3.8, 4) is 0 Å². The predicted molar refractivity (Wildman–Crippen MR) is 94.1 cm³/mol. The van der Waals surface area contributed by atoms with Crippen LogP contribution < -0.4 is 4.90 Å². The lowest BCUT2D eigenvalue weighted by Gasteiger charge is -2.28. The van der Waals surface area contributed by atoms with Crippen molar-refractivity contribution in [1.82, 2.24) is 9.55 Å². The van der Waals surface area contributed by atoms with Crippen LogP contribution >= 0.6 is 0 Å². The Balaban J connectivity index is 3.31. The zero-order valence-corrected chi connectivity index (χ0v) is 16.6. The van der Waals surface area contributed by atoms with Crippen molar-refractivity contribution in [3.63, 3.8) is 0 Å². The van der Waals surface area contributed by atoms with Gasteiger partial charge in [-0.05, 0) is 48.5 Å². The number of carbonyl (C=O) groups is 3. The highest BCUT2D eigenvalue weighted by Crippen LogP contribution is 2.22. The molecule has 0 bridgehead atoms. The van der Waals surface area contributed by atoms with Crippen molar-refractivity contribution in [2.24, 2.45) is 7.05 Å². The number of ether oxygens (including phenoxy) is 3. The monoisotopic (exact) mass is 369 g/mol. The van der Waals surface area contributed by atoms with E-state index in [9.17, 15) is 14.4 Å². The van der Waals surface area contributed by atoms with Crippen molar-refractivity contribution < 1.29 is 28.6 Å². The number of hydrogen-bond acceptors (Lipinski definition) is 7. The Morgan fingerprint density at radius 1 is 1.04 bits per heavy atom. The molecule has 146 valence electrons. The number of esters is 1. The van der Waals surface area contributed by atoms with Crippen LogP contribution in [0.1, 0.15) is 59.1 Å². The molecule has 1 aromatic rings. The van der Waals surface area contributed by atoms with Gasteiger partial charge in [0, 0.05) is 7.05 Å². The number of carbonyl (C=O) groups excluding carboxylic acids is 3. The van der Waals surface area contributed by atoms with Gasteiger partial charge in [-0.1, -0.05) is 0 Å². The molecule has 0 atom stereocenters. The third kappa shape index (κ3) is 5.75. The maximum atomic E-state index is 12.6. The van der Waals surface area contributed by atoms with E-state index >= 15 is 0 Å². The number of amides is 2. The first-order valence-electron chi connectivity index (χ1n) is 8.21. The van der Waals surface area contributed by atoms with Crippen LogP contribution in [0.3, 0.4) is 0 Å². The van der Waals surface area contributed by atoms with Crippen LogP contribution in [0.2, 0.25) is 0 Å². The largest absolute Gasteiger partial charge is 0.460 e. The molecule has 0 aromatic carbocycles. The lowest BCUT2D eigenvalue weighted by Crippen LogP contribution is -2.44. The van der Waals surface area contributed by atoms with Crippen molar-refractivity contribution in [2.45, 2.75) is 59.7 Å². The summed E-state index contributed by atoms with van der Waals surface area (Å²) in [5, 5.41) is 0. The Morgan fingerprint density at radius 3 is 1.88 bits per heavy atom. The highest BCUT2D eigenvalue weighted by molar-refractivity contribution is 6.09. The second-order valence-corrected chi connectivity index (χ2v) is 7.52. The molecular formula is C17H27N3O6. The first-order chi connectivity index (χ1) is 11.8. The molecule has 0 saturated heterocycles. The molecule has 1 aromatic heterocycles. The summed E-state index contributed by atoms with van der Waals surface area (Å²) in [6, 6.07) is 0. The summed E-state index contributed by atoms with van der Waals surface area (Å²) in [5.74, 6) is -0.704. The number of hydrogen-bond donors (Lipinski definition) is 0. The van der Waals surface area contributed by atoms with Crippen molar-refractivity contribution >= 4 is 24.0 Å². The number of anilines is 1. The lowest BCUT2D eigenvalue weighted by atomic mass is 10.2. The molecule has 0 aliphatic carbocycles. The smallest absolute Gasteiger partial charge is 0.425 e. The van der Waals surface area contributed by atoms with Gasteiger partial charge in [-0.15, -0.1) is 0 Å². The second kappa shape index (κ2) is 7.76. The topological polar surface area (TPSA) is 100.0 Å². The quantitative estimate of drug-likeness (QED) is 0.595. The van der Waals surface area contributed by atoms with Gasteiger partial charge in [0.1, 0.15) is 17.0 Å².